The van der Waals surface area contributed by atoms with Gasteiger partial charge >= 0.3 is 5.97 Å². The van der Waals surface area contributed by atoms with E-state index in [4.69, 9.17) is 5.11 Å². The molecule has 1 amide bonds. The molecule has 1 heterocycles. The Hall–Kier alpha value is -1.84. The van der Waals surface area contributed by atoms with E-state index in [-0.39, 0.29) is 5.91 Å². The molecule has 1 aromatic carbocycles. The van der Waals surface area contributed by atoms with E-state index in [1.165, 1.54) is 10.5 Å². The van der Waals surface area contributed by atoms with Crippen molar-refractivity contribution in [3.8, 4) is 0 Å². The molecule has 1 aromatic rings. The number of nitrogens with zero attached hydrogens (tertiary/aromatic N) is 1. The van der Waals surface area contributed by atoms with E-state index < -0.39 is 12.0 Å². The van der Waals surface area contributed by atoms with Crippen molar-refractivity contribution in [2.45, 2.75) is 38.6 Å². The van der Waals surface area contributed by atoms with Crippen LogP contribution in [0.4, 0.5) is 5.69 Å². The van der Waals surface area contributed by atoms with Crippen molar-refractivity contribution >= 4 is 17.6 Å². The van der Waals surface area contributed by atoms with E-state index >= 15 is 0 Å². The van der Waals surface area contributed by atoms with Gasteiger partial charge in [-0.05, 0) is 30.0 Å². The molecule has 0 unspecified atom stereocenters. The van der Waals surface area contributed by atoms with Gasteiger partial charge in [-0.1, -0.05) is 26.0 Å². The smallest absolute Gasteiger partial charge is 0.326 e. The molecule has 0 spiro atoms. The minimum atomic E-state index is -0.936. The Balaban J connectivity index is 2.29. The van der Waals surface area contributed by atoms with Gasteiger partial charge in [0, 0.05) is 12.1 Å². The van der Waals surface area contributed by atoms with Crippen LogP contribution in [0.3, 0.4) is 0 Å². The Morgan fingerprint density at radius 1 is 1.33 bits per heavy atom. The van der Waals surface area contributed by atoms with E-state index in [2.05, 4.69) is 13.8 Å². The summed E-state index contributed by atoms with van der Waals surface area (Å²) in [6.07, 6.45) is 0.697. The minimum Gasteiger partial charge on any atom is -0.480 e. The van der Waals surface area contributed by atoms with E-state index in [1.807, 2.05) is 24.3 Å². The lowest BCUT2D eigenvalue weighted by Gasteiger charge is -2.22. The van der Waals surface area contributed by atoms with Crippen LogP contribution in [-0.2, 0) is 9.59 Å². The van der Waals surface area contributed by atoms with Gasteiger partial charge in [-0.2, -0.15) is 0 Å². The molecule has 4 nitrogen and oxygen atoms in total. The Kier molecular flexibility index (Phi) is 3.36. The predicted octanol–water partition coefficient (Wildman–Crippen LogP) is 2.39. The summed E-state index contributed by atoms with van der Waals surface area (Å²) in [5.41, 5.74) is 1.85. The number of benzene rings is 1. The molecule has 18 heavy (non-hydrogen) atoms. The summed E-state index contributed by atoms with van der Waals surface area (Å²) in [6.45, 7) is 4.19. The second-order valence-corrected chi connectivity index (χ2v) is 4.90. The SMILES string of the molecule is CC(C)c1ccc(N2C(=O)CC[C@H]2C(=O)O)cc1. The number of rotatable bonds is 3. The van der Waals surface area contributed by atoms with Crippen molar-refractivity contribution < 1.29 is 14.7 Å². The van der Waals surface area contributed by atoms with Gasteiger partial charge in [0.25, 0.3) is 0 Å². The Morgan fingerprint density at radius 3 is 2.44 bits per heavy atom. The Bertz CT molecular complexity index is 464. The van der Waals surface area contributed by atoms with E-state index in [0.717, 1.165) is 0 Å². The third kappa shape index (κ3) is 2.23. The summed E-state index contributed by atoms with van der Waals surface area (Å²) in [5, 5.41) is 9.11. The maximum Gasteiger partial charge on any atom is 0.326 e. The summed E-state index contributed by atoms with van der Waals surface area (Å²) < 4.78 is 0. The maximum absolute atomic E-state index is 11.8. The lowest BCUT2D eigenvalue weighted by atomic mass is 10.0. The number of carbonyl (C=O) groups excluding carboxylic acids is 1. The van der Waals surface area contributed by atoms with Crippen LogP contribution in [0.25, 0.3) is 0 Å². The van der Waals surface area contributed by atoms with Crippen molar-refractivity contribution in [1.29, 1.82) is 0 Å². The lowest BCUT2D eigenvalue weighted by molar-refractivity contribution is -0.138. The van der Waals surface area contributed by atoms with Gasteiger partial charge in [0.15, 0.2) is 0 Å². The summed E-state index contributed by atoms with van der Waals surface area (Å²) in [4.78, 5) is 24.3. The fourth-order valence-corrected chi connectivity index (χ4v) is 2.26. The van der Waals surface area contributed by atoms with Crippen molar-refractivity contribution in [3.05, 3.63) is 29.8 Å². The molecule has 0 saturated carbocycles. The largest absolute Gasteiger partial charge is 0.480 e. The molecular formula is C14H17NO3. The van der Waals surface area contributed by atoms with Gasteiger partial charge < -0.3 is 5.11 Å². The van der Waals surface area contributed by atoms with Gasteiger partial charge in [0.05, 0.1) is 0 Å². The number of amides is 1. The predicted molar refractivity (Wildman–Crippen MR) is 68.7 cm³/mol. The van der Waals surface area contributed by atoms with Crippen LogP contribution in [0, 0.1) is 0 Å². The number of carboxylic acids is 1. The monoisotopic (exact) mass is 247 g/mol. The van der Waals surface area contributed by atoms with Crippen LogP contribution in [0.5, 0.6) is 0 Å². The topological polar surface area (TPSA) is 57.6 Å². The fraction of sp³-hybridized carbons (Fsp3) is 0.429. The third-order valence-electron chi connectivity index (χ3n) is 3.33. The highest BCUT2D eigenvalue weighted by molar-refractivity contribution is 6.02. The first kappa shape index (κ1) is 12.6. The quantitative estimate of drug-likeness (QED) is 0.892. The normalized spacial score (nSPS) is 19.6. The molecule has 1 aliphatic heterocycles. The lowest BCUT2D eigenvalue weighted by Crippen LogP contribution is -2.38. The standard InChI is InChI=1S/C14H17NO3/c1-9(2)10-3-5-11(6-4-10)15-12(14(17)18)7-8-13(15)16/h3-6,9,12H,7-8H2,1-2H3,(H,17,18)/t12-/m0/s1. The van der Waals surface area contributed by atoms with Crippen LogP contribution in [0.15, 0.2) is 24.3 Å². The van der Waals surface area contributed by atoms with Gasteiger partial charge in [-0.15, -0.1) is 0 Å². The molecule has 4 heteroatoms. The molecule has 0 aromatic heterocycles. The van der Waals surface area contributed by atoms with Crippen LogP contribution in [-0.4, -0.2) is 23.0 Å². The highest BCUT2D eigenvalue weighted by atomic mass is 16.4. The molecule has 1 saturated heterocycles. The van der Waals surface area contributed by atoms with Crippen LogP contribution in [0.1, 0.15) is 38.2 Å². The van der Waals surface area contributed by atoms with Gasteiger partial charge in [0.1, 0.15) is 6.04 Å². The first-order valence-electron chi connectivity index (χ1n) is 6.15. The first-order valence-corrected chi connectivity index (χ1v) is 6.15. The number of hydrogen-bond donors (Lipinski definition) is 1. The molecule has 1 fully saturated rings. The van der Waals surface area contributed by atoms with Crippen molar-refractivity contribution in [2.24, 2.45) is 0 Å². The Labute approximate surface area is 106 Å². The molecule has 1 N–H and O–H groups in total. The zero-order valence-electron chi connectivity index (χ0n) is 10.6. The number of aliphatic carboxylic acids is 1. The van der Waals surface area contributed by atoms with Crippen LogP contribution in [0.2, 0.25) is 0 Å². The zero-order valence-corrected chi connectivity index (χ0v) is 10.6. The van der Waals surface area contributed by atoms with Crippen molar-refractivity contribution in [3.63, 3.8) is 0 Å². The summed E-state index contributed by atoms with van der Waals surface area (Å²) >= 11 is 0. The van der Waals surface area contributed by atoms with E-state index in [9.17, 15) is 9.59 Å². The summed E-state index contributed by atoms with van der Waals surface area (Å²) in [6, 6.07) is 6.83. The van der Waals surface area contributed by atoms with Crippen molar-refractivity contribution in [2.75, 3.05) is 4.90 Å². The molecule has 1 aliphatic rings. The van der Waals surface area contributed by atoms with Gasteiger partial charge in [-0.3, -0.25) is 9.69 Å². The van der Waals surface area contributed by atoms with Crippen LogP contribution >= 0.6 is 0 Å². The molecule has 0 aliphatic carbocycles. The molecule has 0 bridgehead atoms. The van der Waals surface area contributed by atoms with Crippen molar-refractivity contribution in [1.82, 2.24) is 0 Å². The van der Waals surface area contributed by atoms with E-state index in [0.29, 0.717) is 24.4 Å². The third-order valence-corrected chi connectivity index (χ3v) is 3.33. The molecule has 96 valence electrons. The Morgan fingerprint density at radius 2 is 1.94 bits per heavy atom. The van der Waals surface area contributed by atoms with Crippen LogP contribution < -0.4 is 4.90 Å². The van der Waals surface area contributed by atoms with Gasteiger partial charge in [-0.25, -0.2) is 4.79 Å². The average Bonchev–Trinajstić information content (AvgIpc) is 2.71. The summed E-state index contributed by atoms with van der Waals surface area (Å²) in [5.74, 6) is -0.628. The second-order valence-electron chi connectivity index (χ2n) is 4.90. The molecular weight excluding hydrogens is 230 g/mol. The fourth-order valence-electron chi connectivity index (χ4n) is 2.26. The number of carboxylic acid groups (broad SMARTS) is 1. The zero-order chi connectivity index (χ0) is 13.3. The first-order chi connectivity index (χ1) is 8.50. The second kappa shape index (κ2) is 4.80. The number of hydrogen-bond acceptors (Lipinski definition) is 2. The van der Waals surface area contributed by atoms with E-state index in [1.54, 1.807) is 0 Å². The van der Waals surface area contributed by atoms with Gasteiger partial charge in [0.2, 0.25) is 5.91 Å². The average molecular weight is 247 g/mol. The summed E-state index contributed by atoms with van der Waals surface area (Å²) in [7, 11) is 0. The molecule has 0 radical (unpaired) electrons. The molecule has 2 rings (SSSR count). The minimum absolute atomic E-state index is 0.111. The number of carbonyl (C=O) groups is 2. The maximum atomic E-state index is 11.8. The highest BCUT2D eigenvalue weighted by Gasteiger charge is 2.36. The molecule has 1 atom stereocenters. The highest BCUT2D eigenvalue weighted by Crippen LogP contribution is 2.28. The number of anilines is 1.